The van der Waals surface area contributed by atoms with Crippen LogP contribution < -0.4 is 5.32 Å². The van der Waals surface area contributed by atoms with Crippen LogP contribution in [0.2, 0.25) is 0 Å². The highest BCUT2D eigenvalue weighted by atomic mass is 16.5. The molecule has 0 bridgehead atoms. The lowest BCUT2D eigenvalue weighted by Gasteiger charge is -2.14. The molecule has 2 aromatic rings. The number of aromatic nitrogens is 1. The number of hydrogen-bond acceptors (Lipinski definition) is 4. The molecule has 0 aliphatic carbocycles. The summed E-state index contributed by atoms with van der Waals surface area (Å²) in [6, 6.07) is 11.1. The van der Waals surface area contributed by atoms with Crippen LogP contribution in [0.25, 0.3) is 11.3 Å². The molecular formula is C17H19N3O3. The highest BCUT2D eigenvalue weighted by molar-refractivity contribution is 5.92. The minimum absolute atomic E-state index is 0.0883. The maximum atomic E-state index is 12.0. The highest BCUT2D eigenvalue weighted by Crippen LogP contribution is 2.18. The number of carbonyl (C=O) groups excluding carboxylic acids is 2. The second kappa shape index (κ2) is 7.09. The third kappa shape index (κ3) is 3.77. The van der Waals surface area contributed by atoms with Crippen LogP contribution in [0.5, 0.6) is 0 Å². The molecule has 1 fully saturated rings. The Morgan fingerprint density at radius 2 is 1.91 bits per heavy atom. The first kappa shape index (κ1) is 15.3. The summed E-state index contributed by atoms with van der Waals surface area (Å²) in [5.74, 6) is -0.114. The van der Waals surface area contributed by atoms with E-state index >= 15 is 0 Å². The first-order chi connectivity index (χ1) is 11.2. The zero-order valence-corrected chi connectivity index (χ0v) is 12.8. The van der Waals surface area contributed by atoms with Gasteiger partial charge in [0.05, 0.1) is 0 Å². The van der Waals surface area contributed by atoms with E-state index in [0.717, 1.165) is 31.5 Å². The van der Waals surface area contributed by atoms with Crippen LogP contribution in [-0.4, -0.2) is 41.5 Å². The molecule has 2 heterocycles. The molecule has 1 aliphatic heterocycles. The summed E-state index contributed by atoms with van der Waals surface area (Å²) in [6.45, 7) is 1.96. The molecule has 0 unspecified atom stereocenters. The van der Waals surface area contributed by atoms with Gasteiger partial charge in [-0.1, -0.05) is 35.5 Å². The molecule has 6 heteroatoms. The summed E-state index contributed by atoms with van der Waals surface area (Å²) >= 11 is 0. The Hall–Kier alpha value is -2.63. The molecule has 1 aromatic heterocycles. The number of hydrogen-bond donors (Lipinski definition) is 1. The van der Waals surface area contributed by atoms with E-state index in [2.05, 4.69) is 10.5 Å². The van der Waals surface area contributed by atoms with E-state index in [-0.39, 0.29) is 17.6 Å². The fourth-order valence-electron chi connectivity index (χ4n) is 2.62. The van der Waals surface area contributed by atoms with E-state index in [1.54, 1.807) is 6.07 Å². The van der Waals surface area contributed by atoms with E-state index in [1.807, 2.05) is 35.2 Å². The third-order valence-corrected chi connectivity index (χ3v) is 3.89. The molecule has 0 spiro atoms. The van der Waals surface area contributed by atoms with E-state index in [1.165, 1.54) is 0 Å². The third-order valence-electron chi connectivity index (χ3n) is 3.89. The summed E-state index contributed by atoms with van der Waals surface area (Å²) < 4.78 is 5.08. The van der Waals surface area contributed by atoms with Crippen molar-refractivity contribution in [1.29, 1.82) is 0 Å². The smallest absolute Gasteiger partial charge is 0.289 e. The molecule has 1 saturated heterocycles. The monoisotopic (exact) mass is 313 g/mol. The van der Waals surface area contributed by atoms with Crippen molar-refractivity contribution in [2.75, 3.05) is 19.6 Å². The number of nitrogens with zero attached hydrogens (tertiary/aromatic N) is 2. The van der Waals surface area contributed by atoms with Gasteiger partial charge in [-0.15, -0.1) is 0 Å². The molecule has 6 nitrogen and oxygen atoms in total. The van der Waals surface area contributed by atoms with E-state index < -0.39 is 0 Å². The minimum atomic E-state index is -0.353. The zero-order valence-electron chi connectivity index (χ0n) is 12.8. The van der Waals surface area contributed by atoms with E-state index in [0.29, 0.717) is 18.7 Å². The minimum Gasteiger partial charge on any atom is -0.350 e. The average molecular weight is 313 g/mol. The van der Waals surface area contributed by atoms with Crippen molar-refractivity contribution in [3.05, 3.63) is 42.2 Å². The van der Waals surface area contributed by atoms with Crippen LogP contribution in [0.15, 0.2) is 40.9 Å². The molecule has 2 amide bonds. The molecule has 120 valence electrons. The van der Waals surface area contributed by atoms with Crippen molar-refractivity contribution in [3.63, 3.8) is 0 Å². The topological polar surface area (TPSA) is 75.4 Å². The molecule has 1 N–H and O–H groups in total. The Labute approximate surface area is 134 Å². The molecule has 1 aromatic carbocycles. The molecule has 0 radical (unpaired) electrons. The van der Waals surface area contributed by atoms with Crippen molar-refractivity contribution in [3.8, 4) is 11.3 Å². The van der Waals surface area contributed by atoms with Crippen LogP contribution in [0.1, 0.15) is 29.8 Å². The molecule has 3 rings (SSSR count). The molecular weight excluding hydrogens is 294 g/mol. The second-order valence-corrected chi connectivity index (χ2v) is 5.54. The fourth-order valence-corrected chi connectivity index (χ4v) is 2.62. The van der Waals surface area contributed by atoms with Crippen LogP contribution >= 0.6 is 0 Å². The fraction of sp³-hybridized carbons (Fsp3) is 0.353. The Morgan fingerprint density at radius 3 is 2.65 bits per heavy atom. The lowest BCUT2D eigenvalue weighted by Crippen LogP contribution is -2.32. The van der Waals surface area contributed by atoms with Gasteiger partial charge in [-0.05, 0) is 12.8 Å². The van der Waals surface area contributed by atoms with Crippen LogP contribution in [0.4, 0.5) is 0 Å². The number of nitrogens with one attached hydrogen (secondary N) is 1. The van der Waals surface area contributed by atoms with Gasteiger partial charge in [0.25, 0.3) is 5.91 Å². The van der Waals surface area contributed by atoms with Gasteiger partial charge in [0.2, 0.25) is 11.7 Å². The maximum Gasteiger partial charge on any atom is 0.289 e. The Bertz CT molecular complexity index is 675. The SMILES string of the molecule is O=C(NCCC(=O)N1CCCC1)c1cc(-c2ccccc2)no1. The van der Waals surface area contributed by atoms with Gasteiger partial charge in [0, 0.05) is 37.7 Å². The molecule has 1 aliphatic rings. The average Bonchev–Trinajstić information content (AvgIpc) is 3.27. The number of carbonyl (C=O) groups is 2. The van der Waals surface area contributed by atoms with Gasteiger partial charge in [0.15, 0.2) is 0 Å². The van der Waals surface area contributed by atoms with E-state index in [4.69, 9.17) is 4.52 Å². The first-order valence-electron chi connectivity index (χ1n) is 7.82. The number of rotatable bonds is 5. The Morgan fingerprint density at radius 1 is 1.17 bits per heavy atom. The van der Waals surface area contributed by atoms with Crippen LogP contribution in [0.3, 0.4) is 0 Å². The normalized spacial score (nSPS) is 14.0. The standard InChI is InChI=1S/C17H19N3O3/c21-16(20-10-4-5-11-20)8-9-18-17(22)15-12-14(19-23-15)13-6-2-1-3-7-13/h1-3,6-7,12H,4-5,8-11H2,(H,18,22). The number of amides is 2. The summed E-state index contributed by atoms with van der Waals surface area (Å²) in [5, 5.41) is 6.60. The van der Waals surface area contributed by atoms with Crippen molar-refractivity contribution < 1.29 is 14.1 Å². The van der Waals surface area contributed by atoms with Gasteiger partial charge in [-0.25, -0.2) is 0 Å². The Balaban J connectivity index is 1.51. The zero-order chi connectivity index (χ0) is 16.1. The van der Waals surface area contributed by atoms with Gasteiger partial charge in [-0.3, -0.25) is 9.59 Å². The van der Waals surface area contributed by atoms with Crippen molar-refractivity contribution >= 4 is 11.8 Å². The van der Waals surface area contributed by atoms with E-state index in [9.17, 15) is 9.59 Å². The quantitative estimate of drug-likeness (QED) is 0.917. The first-order valence-corrected chi connectivity index (χ1v) is 7.82. The lowest BCUT2D eigenvalue weighted by atomic mass is 10.1. The number of benzene rings is 1. The predicted octanol–water partition coefficient (Wildman–Crippen LogP) is 2.08. The predicted molar refractivity (Wildman–Crippen MR) is 84.7 cm³/mol. The summed E-state index contributed by atoms with van der Waals surface area (Å²) in [4.78, 5) is 25.8. The maximum absolute atomic E-state index is 12.0. The second-order valence-electron chi connectivity index (χ2n) is 5.54. The van der Waals surface area contributed by atoms with Gasteiger partial charge in [0.1, 0.15) is 5.69 Å². The molecule has 0 atom stereocenters. The van der Waals surface area contributed by atoms with Gasteiger partial charge < -0.3 is 14.7 Å². The van der Waals surface area contributed by atoms with Gasteiger partial charge >= 0.3 is 0 Å². The summed E-state index contributed by atoms with van der Waals surface area (Å²) in [6.07, 6.45) is 2.45. The van der Waals surface area contributed by atoms with Crippen molar-refractivity contribution in [2.45, 2.75) is 19.3 Å². The lowest BCUT2D eigenvalue weighted by molar-refractivity contribution is -0.129. The van der Waals surface area contributed by atoms with Crippen LogP contribution in [-0.2, 0) is 4.79 Å². The Kier molecular flexibility index (Phi) is 4.71. The van der Waals surface area contributed by atoms with Gasteiger partial charge in [-0.2, -0.15) is 0 Å². The van der Waals surface area contributed by atoms with Crippen molar-refractivity contribution in [2.24, 2.45) is 0 Å². The summed E-state index contributed by atoms with van der Waals surface area (Å²) in [7, 11) is 0. The largest absolute Gasteiger partial charge is 0.350 e. The molecule has 23 heavy (non-hydrogen) atoms. The number of likely N-dealkylation sites (tertiary alicyclic amines) is 1. The summed E-state index contributed by atoms with van der Waals surface area (Å²) in [5.41, 5.74) is 1.50. The highest BCUT2D eigenvalue weighted by Gasteiger charge is 2.18. The van der Waals surface area contributed by atoms with Crippen LogP contribution in [0, 0.1) is 0 Å². The van der Waals surface area contributed by atoms with Crippen molar-refractivity contribution in [1.82, 2.24) is 15.4 Å². The molecule has 0 saturated carbocycles.